The van der Waals surface area contributed by atoms with Gasteiger partial charge in [-0.15, -0.1) is 10.2 Å². The van der Waals surface area contributed by atoms with Gasteiger partial charge in [0.2, 0.25) is 0 Å². The van der Waals surface area contributed by atoms with Gasteiger partial charge in [-0.1, -0.05) is 49.4 Å². The van der Waals surface area contributed by atoms with Crippen LogP contribution in [-0.2, 0) is 24.9 Å². The number of halogens is 3. The predicted molar refractivity (Wildman–Crippen MR) is 110 cm³/mol. The Morgan fingerprint density at radius 3 is 2.24 bits per heavy atom. The molecule has 0 spiro atoms. The van der Waals surface area contributed by atoms with Gasteiger partial charge < -0.3 is 10.3 Å². The van der Waals surface area contributed by atoms with E-state index in [-0.39, 0.29) is 0 Å². The molecule has 29 heavy (non-hydrogen) atoms. The summed E-state index contributed by atoms with van der Waals surface area (Å²) in [5.41, 5.74) is 7.74. The summed E-state index contributed by atoms with van der Waals surface area (Å²) in [4.78, 5) is 0. The first-order valence-corrected chi connectivity index (χ1v) is 10.4. The summed E-state index contributed by atoms with van der Waals surface area (Å²) in [5.74, 6) is 1.43. The molecule has 0 aliphatic rings. The minimum Gasteiger partial charge on any atom is -0.399 e. The van der Waals surface area contributed by atoms with E-state index < -0.39 is 11.7 Å². The third kappa shape index (κ3) is 5.76. The predicted octanol–water partition coefficient (Wildman–Crippen LogP) is 5.56. The van der Waals surface area contributed by atoms with E-state index in [2.05, 4.69) is 21.7 Å². The van der Waals surface area contributed by atoms with Crippen molar-refractivity contribution < 1.29 is 13.2 Å². The lowest BCUT2D eigenvalue weighted by molar-refractivity contribution is -0.137. The molecule has 1 aromatic heterocycles. The third-order valence-electron chi connectivity index (χ3n) is 4.52. The van der Waals surface area contributed by atoms with Crippen molar-refractivity contribution in [2.75, 3.05) is 5.73 Å². The zero-order valence-electron chi connectivity index (χ0n) is 16.1. The highest BCUT2D eigenvalue weighted by Gasteiger charge is 2.29. The van der Waals surface area contributed by atoms with E-state index in [1.165, 1.54) is 23.9 Å². The van der Waals surface area contributed by atoms with Gasteiger partial charge in [0.1, 0.15) is 5.82 Å². The number of aromatic nitrogens is 3. The number of hydrogen-bond acceptors (Lipinski definition) is 4. The van der Waals surface area contributed by atoms with Crippen molar-refractivity contribution in [1.29, 1.82) is 0 Å². The number of nitrogens with two attached hydrogens (primary N) is 1. The first-order chi connectivity index (χ1) is 13.9. The van der Waals surface area contributed by atoms with Gasteiger partial charge in [-0.25, -0.2) is 0 Å². The van der Waals surface area contributed by atoms with E-state index >= 15 is 0 Å². The molecule has 0 amide bonds. The van der Waals surface area contributed by atoms with Crippen molar-refractivity contribution >= 4 is 17.4 Å². The largest absolute Gasteiger partial charge is 0.416 e. The molecule has 0 unspecified atom stereocenters. The molecule has 0 radical (unpaired) electrons. The fraction of sp³-hybridized carbons (Fsp3) is 0.333. The van der Waals surface area contributed by atoms with Crippen LogP contribution in [0.5, 0.6) is 0 Å². The summed E-state index contributed by atoms with van der Waals surface area (Å²) in [6, 6.07) is 12.9. The maximum atomic E-state index is 12.7. The van der Waals surface area contributed by atoms with E-state index in [0.29, 0.717) is 18.0 Å². The average Bonchev–Trinajstić information content (AvgIpc) is 3.07. The van der Waals surface area contributed by atoms with Gasteiger partial charge >= 0.3 is 6.18 Å². The Labute approximate surface area is 172 Å². The quantitative estimate of drug-likeness (QED) is 0.383. The molecule has 0 fully saturated rings. The lowest BCUT2D eigenvalue weighted by atomic mass is 10.1. The molecule has 0 aliphatic carbocycles. The second-order valence-electron chi connectivity index (χ2n) is 6.81. The van der Waals surface area contributed by atoms with E-state index in [1.807, 2.05) is 24.3 Å². The first-order valence-electron chi connectivity index (χ1n) is 9.42. The smallest absolute Gasteiger partial charge is 0.399 e. The van der Waals surface area contributed by atoms with Crippen LogP contribution in [0.3, 0.4) is 0 Å². The molecule has 3 rings (SSSR count). The summed E-state index contributed by atoms with van der Waals surface area (Å²) in [7, 11) is 0. The molecule has 3 aromatic rings. The number of unbranched alkanes of at least 4 members (excludes halogenated alkanes) is 1. The highest BCUT2D eigenvalue weighted by Crippen LogP contribution is 2.30. The number of anilines is 1. The standard InChI is InChI=1S/C21H23F3N4S/c1-2-3-4-19-26-27-20(28(19)13-15-7-11-18(25)12-8-15)29-14-16-5-9-17(10-6-16)21(22,23)24/h5-12H,2-4,13-14,25H2,1H3. The van der Waals surface area contributed by atoms with E-state index in [9.17, 15) is 13.2 Å². The number of nitrogen functional groups attached to an aromatic ring is 1. The van der Waals surface area contributed by atoms with Crippen LogP contribution in [0.15, 0.2) is 53.7 Å². The van der Waals surface area contributed by atoms with Gasteiger partial charge in [-0.2, -0.15) is 13.2 Å². The Hall–Kier alpha value is -2.48. The number of alkyl halides is 3. The highest BCUT2D eigenvalue weighted by molar-refractivity contribution is 7.98. The number of thioether (sulfide) groups is 1. The van der Waals surface area contributed by atoms with Gasteiger partial charge in [-0.3, -0.25) is 0 Å². The monoisotopic (exact) mass is 420 g/mol. The molecule has 4 nitrogen and oxygen atoms in total. The lowest BCUT2D eigenvalue weighted by Gasteiger charge is -2.11. The number of hydrogen-bond donors (Lipinski definition) is 1. The molecule has 8 heteroatoms. The zero-order valence-corrected chi connectivity index (χ0v) is 16.9. The average molecular weight is 421 g/mol. The van der Waals surface area contributed by atoms with Crippen LogP contribution in [-0.4, -0.2) is 14.8 Å². The molecular weight excluding hydrogens is 397 g/mol. The van der Waals surface area contributed by atoms with Crippen LogP contribution in [0.25, 0.3) is 0 Å². The van der Waals surface area contributed by atoms with E-state index in [4.69, 9.17) is 5.73 Å². The number of benzene rings is 2. The molecule has 0 atom stereocenters. The Morgan fingerprint density at radius 2 is 1.62 bits per heavy atom. The van der Waals surface area contributed by atoms with Crippen LogP contribution in [0.4, 0.5) is 18.9 Å². The van der Waals surface area contributed by atoms with Crippen LogP contribution < -0.4 is 5.73 Å². The van der Waals surface area contributed by atoms with Gasteiger partial charge in [0.25, 0.3) is 0 Å². The maximum Gasteiger partial charge on any atom is 0.416 e. The number of aryl methyl sites for hydroxylation is 1. The van der Waals surface area contributed by atoms with Crippen molar-refractivity contribution in [1.82, 2.24) is 14.8 Å². The molecule has 0 aliphatic heterocycles. The van der Waals surface area contributed by atoms with Crippen LogP contribution in [0.2, 0.25) is 0 Å². The molecule has 154 valence electrons. The summed E-state index contributed by atoms with van der Waals surface area (Å²) in [5, 5.41) is 9.43. The van der Waals surface area contributed by atoms with Crippen molar-refractivity contribution in [3.05, 3.63) is 71.0 Å². The summed E-state index contributed by atoms with van der Waals surface area (Å²) in [6.07, 6.45) is -1.41. The summed E-state index contributed by atoms with van der Waals surface area (Å²) < 4.78 is 40.3. The molecule has 0 saturated heterocycles. The van der Waals surface area contributed by atoms with Gasteiger partial charge in [0.05, 0.1) is 12.1 Å². The first kappa shape index (κ1) is 21.2. The van der Waals surface area contributed by atoms with Crippen LogP contribution >= 0.6 is 11.8 Å². The second kappa shape index (κ2) is 9.35. The Balaban J connectivity index is 1.75. The minimum absolute atomic E-state index is 0.520. The Morgan fingerprint density at radius 1 is 0.966 bits per heavy atom. The fourth-order valence-electron chi connectivity index (χ4n) is 2.85. The topological polar surface area (TPSA) is 56.7 Å². The van der Waals surface area contributed by atoms with Gasteiger partial charge in [0.15, 0.2) is 5.16 Å². The Kier molecular flexibility index (Phi) is 6.84. The number of rotatable bonds is 8. The molecular formula is C21H23F3N4S. The maximum absolute atomic E-state index is 12.7. The molecule has 2 aromatic carbocycles. The highest BCUT2D eigenvalue weighted by atomic mass is 32.2. The summed E-state index contributed by atoms with van der Waals surface area (Å²) in [6.45, 7) is 2.75. The van der Waals surface area contributed by atoms with Gasteiger partial charge in [0, 0.05) is 17.9 Å². The minimum atomic E-state index is -4.32. The Bertz CT molecular complexity index is 919. The second-order valence-corrected chi connectivity index (χ2v) is 7.76. The van der Waals surface area contributed by atoms with Crippen molar-refractivity contribution in [2.24, 2.45) is 0 Å². The van der Waals surface area contributed by atoms with Gasteiger partial charge in [-0.05, 0) is 41.8 Å². The third-order valence-corrected chi connectivity index (χ3v) is 5.55. The van der Waals surface area contributed by atoms with Crippen LogP contribution in [0, 0.1) is 0 Å². The van der Waals surface area contributed by atoms with E-state index in [0.717, 1.165) is 53.5 Å². The normalized spacial score (nSPS) is 11.7. The molecule has 0 saturated carbocycles. The van der Waals surface area contributed by atoms with Crippen molar-refractivity contribution in [2.45, 2.75) is 49.8 Å². The molecule has 0 bridgehead atoms. The van der Waals surface area contributed by atoms with Crippen molar-refractivity contribution in [3.63, 3.8) is 0 Å². The number of nitrogens with zero attached hydrogens (tertiary/aromatic N) is 3. The SMILES string of the molecule is CCCCc1nnc(SCc2ccc(C(F)(F)F)cc2)n1Cc1ccc(N)cc1. The molecule has 2 N–H and O–H groups in total. The lowest BCUT2D eigenvalue weighted by Crippen LogP contribution is -2.07. The summed E-state index contributed by atoms with van der Waals surface area (Å²) >= 11 is 1.47. The zero-order chi connectivity index (χ0) is 20.9. The van der Waals surface area contributed by atoms with Crippen LogP contribution in [0.1, 0.15) is 42.3 Å². The molecule has 1 heterocycles. The van der Waals surface area contributed by atoms with Crippen molar-refractivity contribution in [3.8, 4) is 0 Å². The van der Waals surface area contributed by atoms with E-state index in [1.54, 1.807) is 0 Å². The fourth-order valence-corrected chi connectivity index (χ4v) is 3.76.